The minimum absolute atomic E-state index is 0.0739. The van der Waals surface area contributed by atoms with Crippen molar-refractivity contribution in [2.24, 2.45) is 0 Å². The maximum absolute atomic E-state index is 13.4. The van der Waals surface area contributed by atoms with Crippen LogP contribution in [0.3, 0.4) is 0 Å². The Morgan fingerprint density at radius 2 is 1.66 bits per heavy atom. The van der Waals surface area contributed by atoms with Crippen molar-refractivity contribution in [2.45, 2.75) is 25.3 Å². The van der Waals surface area contributed by atoms with Gasteiger partial charge in [-0.2, -0.15) is 4.31 Å². The van der Waals surface area contributed by atoms with E-state index in [4.69, 9.17) is 23.2 Å². The van der Waals surface area contributed by atoms with Crippen molar-refractivity contribution in [3.05, 3.63) is 91.9 Å². The summed E-state index contributed by atoms with van der Waals surface area (Å²) in [4.78, 5) is 12.9. The lowest BCUT2D eigenvalue weighted by Crippen LogP contribution is -2.37. The highest BCUT2D eigenvalue weighted by atomic mass is 79.9. The first-order valence-electron chi connectivity index (χ1n) is 9.63. The minimum atomic E-state index is -3.99. The van der Waals surface area contributed by atoms with Gasteiger partial charge in [-0.15, -0.1) is 0 Å². The second-order valence-electron chi connectivity index (χ2n) is 7.31. The fourth-order valence-corrected chi connectivity index (χ4v) is 5.11. The van der Waals surface area contributed by atoms with E-state index in [1.807, 2.05) is 26.0 Å². The largest absolute Gasteiger partial charge is 0.325 e. The summed E-state index contributed by atoms with van der Waals surface area (Å²) in [5.41, 5.74) is 3.26. The van der Waals surface area contributed by atoms with Crippen LogP contribution in [0, 0.1) is 13.8 Å². The number of nitrogens with zero attached hydrogens (tertiary/aromatic N) is 1. The molecule has 3 aromatic carbocycles. The van der Waals surface area contributed by atoms with E-state index in [-0.39, 0.29) is 18.0 Å². The number of nitrogens with one attached hydrogen (secondary N) is 1. The monoisotopic (exact) mass is 554 g/mol. The quantitative estimate of drug-likeness (QED) is 0.377. The number of benzene rings is 3. The molecule has 0 aromatic heterocycles. The van der Waals surface area contributed by atoms with Gasteiger partial charge in [-0.05, 0) is 79.1 Å². The Kier molecular flexibility index (Phi) is 8.01. The van der Waals surface area contributed by atoms with Crippen LogP contribution in [0.25, 0.3) is 0 Å². The lowest BCUT2D eigenvalue weighted by Gasteiger charge is -2.23. The zero-order valence-electron chi connectivity index (χ0n) is 17.4. The van der Waals surface area contributed by atoms with Crippen molar-refractivity contribution in [2.75, 3.05) is 11.9 Å². The van der Waals surface area contributed by atoms with Crippen LogP contribution in [0.1, 0.15) is 16.7 Å². The summed E-state index contributed by atoms with van der Waals surface area (Å²) < 4.78 is 28.6. The average molecular weight is 556 g/mol. The van der Waals surface area contributed by atoms with Gasteiger partial charge in [0.15, 0.2) is 0 Å². The van der Waals surface area contributed by atoms with E-state index in [2.05, 4.69) is 21.2 Å². The summed E-state index contributed by atoms with van der Waals surface area (Å²) >= 11 is 15.5. The van der Waals surface area contributed by atoms with Gasteiger partial charge in [-0.25, -0.2) is 8.42 Å². The maximum atomic E-state index is 13.4. The number of aryl methyl sites for hydroxylation is 2. The Hall–Kier alpha value is -1.90. The second-order valence-corrected chi connectivity index (χ2v) is 11.0. The lowest BCUT2D eigenvalue weighted by molar-refractivity contribution is -0.116. The zero-order chi connectivity index (χ0) is 23.5. The maximum Gasteiger partial charge on any atom is 0.243 e. The number of hydrogen-bond donors (Lipinski definition) is 1. The number of anilines is 1. The van der Waals surface area contributed by atoms with Crippen LogP contribution in [-0.4, -0.2) is 25.2 Å². The number of hydrogen-bond acceptors (Lipinski definition) is 3. The summed E-state index contributed by atoms with van der Waals surface area (Å²) in [5, 5.41) is 3.54. The van der Waals surface area contributed by atoms with Gasteiger partial charge >= 0.3 is 0 Å². The van der Waals surface area contributed by atoms with Crippen LogP contribution < -0.4 is 5.32 Å². The van der Waals surface area contributed by atoms with Gasteiger partial charge in [0.05, 0.1) is 11.4 Å². The molecule has 0 aliphatic rings. The predicted molar refractivity (Wildman–Crippen MR) is 133 cm³/mol. The Bertz CT molecular complexity index is 1250. The molecule has 0 saturated carbocycles. The van der Waals surface area contributed by atoms with E-state index in [9.17, 15) is 13.2 Å². The summed E-state index contributed by atoms with van der Waals surface area (Å²) in [6.07, 6.45) is 0. The third-order valence-corrected chi connectivity index (χ3v) is 7.85. The molecule has 1 amide bonds. The van der Waals surface area contributed by atoms with Crippen LogP contribution in [-0.2, 0) is 21.4 Å². The molecule has 1 N–H and O–H groups in total. The molecule has 0 atom stereocenters. The molecule has 3 rings (SSSR count). The number of rotatable bonds is 7. The fourth-order valence-electron chi connectivity index (χ4n) is 3.00. The Balaban J connectivity index is 1.91. The summed E-state index contributed by atoms with van der Waals surface area (Å²) in [6.45, 7) is 3.44. The van der Waals surface area contributed by atoms with E-state index < -0.39 is 15.9 Å². The Morgan fingerprint density at radius 1 is 0.969 bits per heavy atom. The molecule has 9 heteroatoms. The van der Waals surface area contributed by atoms with Crippen molar-refractivity contribution in [3.8, 4) is 0 Å². The molecule has 0 aliphatic carbocycles. The molecule has 0 unspecified atom stereocenters. The van der Waals surface area contributed by atoms with Gasteiger partial charge in [0.1, 0.15) is 0 Å². The van der Waals surface area contributed by atoms with Crippen LogP contribution in [0.4, 0.5) is 5.69 Å². The second kappa shape index (κ2) is 10.4. The van der Waals surface area contributed by atoms with E-state index in [0.29, 0.717) is 21.3 Å². The highest BCUT2D eigenvalue weighted by Gasteiger charge is 2.27. The average Bonchev–Trinajstić information content (AvgIpc) is 2.72. The van der Waals surface area contributed by atoms with Crippen molar-refractivity contribution < 1.29 is 13.2 Å². The van der Waals surface area contributed by atoms with Gasteiger partial charge in [0.2, 0.25) is 15.9 Å². The number of sulfonamides is 1. The third kappa shape index (κ3) is 6.11. The highest BCUT2D eigenvalue weighted by Crippen LogP contribution is 2.26. The van der Waals surface area contributed by atoms with Gasteiger partial charge in [-0.3, -0.25) is 4.79 Å². The van der Waals surface area contributed by atoms with Crippen LogP contribution in [0.15, 0.2) is 70.0 Å². The number of carbonyl (C=O) groups is 1. The SMILES string of the molecule is Cc1ccc(NC(=O)CN(Cc2ccc(Cl)cc2Cl)S(=O)(=O)c2ccc(Br)cc2)cc1C. The van der Waals surface area contributed by atoms with Gasteiger partial charge < -0.3 is 5.32 Å². The Morgan fingerprint density at radius 3 is 2.28 bits per heavy atom. The van der Waals surface area contributed by atoms with Crippen LogP contribution in [0.5, 0.6) is 0 Å². The molecular weight excluding hydrogens is 535 g/mol. The molecule has 0 saturated heterocycles. The first kappa shape index (κ1) is 24.7. The fraction of sp³-hybridized carbons (Fsp3) is 0.174. The van der Waals surface area contributed by atoms with Gasteiger partial charge in [-0.1, -0.05) is 51.3 Å². The van der Waals surface area contributed by atoms with E-state index in [0.717, 1.165) is 19.9 Å². The van der Waals surface area contributed by atoms with Crippen molar-refractivity contribution in [3.63, 3.8) is 0 Å². The molecule has 5 nitrogen and oxygen atoms in total. The van der Waals surface area contributed by atoms with Crippen molar-refractivity contribution in [1.82, 2.24) is 4.31 Å². The first-order valence-corrected chi connectivity index (χ1v) is 12.6. The number of carbonyl (C=O) groups excluding carboxylic acids is 1. The molecule has 0 bridgehead atoms. The molecule has 3 aromatic rings. The van der Waals surface area contributed by atoms with Gasteiger partial charge in [0, 0.05) is 26.8 Å². The molecule has 0 aliphatic heterocycles. The molecule has 0 fully saturated rings. The van der Waals surface area contributed by atoms with E-state index in [1.165, 1.54) is 18.2 Å². The third-order valence-electron chi connectivity index (χ3n) is 4.92. The van der Waals surface area contributed by atoms with Gasteiger partial charge in [0.25, 0.3) is 0 Å². The van der Waals surface area contributed by atoms with Crippen LogP contribution >= 0.6 is 39.1 Å². The summed E-state index contributed by atoms with van der Waals surface area (Å²) in [5.74, 6) is -0.459. The molecule has 0 radical (unpaired) electrons. The van der Waals surface area contributed by atoms with E-state index in [1.54, 1.807) is 30.3 Å². The molecular formula is C23H21BrCl2N2O3S. The zero-order valence-corrected chi connectivity index (χ0v) is 21.3. The summed E-state index contributed by atoms with van der Waals surface area (Å²) in [7, 11) is -3.99. The Labute approximate surface area is 206 Å². The minimum Gasteiger partial charge on any atom is -0.325 e. The molecule has 0 spiro atoms. The van der Waals surface area contributed by atoms with Crippen molar-refractivity contribution >= 4 is 60.7 Å². The number of halogens is 3. The summed E-state index contributed by atoms with van der Waals surface area (Å²) in [6, 6.07) is 16.6. The predicted octanol–water partition coefficient (Wildman–Crippen LogP) is 6.20. The topological polar surface area (TPSA) is 66.5 Å². The smallest absolute Gasteiger partial charge is 0.243 e. The standard InChI is InChI=1S/C23H21BrCl2N2O3S/c1-15-3-8-20(11-16(15)2)27-23(29)14-28(13-17-4-7-19(25)12-22(17)26)32(30,31)21-9-5-18(24)6-10-21/h3-12H,13-14H2,1-2H3,(H,27,29). The van der Waals surface area contributed by atoms with Crippen LogP contribution in [0.2, 0.25) is 10.0 Å². The highest BCUT2D eigenvalue weighted by molar-refractivity contribution is 9.10. The van der Waals surface area contributed by atoms with E-state index >= 15 is 0 Å². The first-order chi connectivity index (χ1) is 15.1. The number of amides is 1. The molecule has 32 heavy (non-hydrogen) atoms. The normalized spacial score (nSPS) is 11.6. The van der Waals surface area contributed by atoms with Crippen molar-refractivity contribution in [1.29, 1.82) is 0 Å². The molecule has 0 heterocycles. The molecule has 168 valence electrons. The lowest BCUT2D eigenvalue weighted by atomic mass is 10.1.